The number of fused-ring (bicyclic) bond motifs is 1. The summed E-state index contributed by atoms with van der Waals surface area (Å²) in [6.07, 6.45) is 10.5. The highest BCUT2D eigenvalue weighted by Gasteiger charge is 2.18. The molecule has 4 heteroatoms. The summed E-state index contributed by atoms with van der Waals surface area (Å²) >= 11 is 0. The van der Waals surface area contributed by atoms with Crippen LogP contribution in [0, 0.1) is 11.8 Å². The van der Waals surface area contributed by atoms with Crippen LogP contribution in [0.4, 0.5) is 0 Å². The van der Waals surface area contributed by atoms with Crippen LogP contribution in [-0.2, 0) is 6.67 Å². The van der Waals surface area contributed by atoms with Gasteiger partial charge in [-0.1, -0.05) is 83.6 Å². The number of nitrogens with zero attached hydrogens (tertiary/aromatic N) is 4. The molecule has 0 N–H and O–H groups in total. The summed E-state index contributed by atoms with van der Waals surface area (Å²) in [4.78, 5) is 2.65. The van der Waals surface area contributed by atoms with Gasteiger partial charge in [0.1, 0.15) is 5.52 Å². The molecule has 0 fully saturated rings. The van der Waals surface area contributed by atoms with Crippen molar-refractivity contribution >= 4 is 11.0 Å². The monoisotopic (exact) mass is 372 g/mol. The van der Waals surface area contributed by atoms with Gasteiger partial charge in [-0.3, -0.25) is 4.90 Å². The van der Waals surface area contributed by atoms with Crippen LogP contribution < -0.4 is 0 Å². The summed E-state index contributed by atoms with van der Waals surface area (Å²) in [5.74, 6) is 1.56. The lowest BCUT2D eigenvalue weighted by molar-refractivity contribution is 0.139. The van der Waals surface area contributed by atoms with Crippen molar-refractivity contribution in [2.24, 2.45) is 11.8 Å². The molecule has 2 aromatic rings. The van der Waals surface area contributed by atoms with Gasteiger partial charge in [0.15, 0.2) is 0 Å². The fourth-order valence-electron chi connectivity index (χ4n) is 3.97. The summed E-state index contributed by atoms with van der Waals surface area (Å²) < 4.78 is 2.09. The predicted molar refractivity (Wildman–Crippen MR) is 116 cm³/mol. The standard InChI is InChI=1S/C23H40N4/c1-5-9-13-20(7-3)17-26(18-21(8-4)14-10-6-2)19-27-23-16-12-11-15-22(23)24-25-27/h11-12,15-16,20-21H,5-10,13-14,17-19H2,1-4H3. The van der Waals surface area contributed by atoms with Crippen LogP contribution in [0.3, 0.4) is 0 Å². The van der Waals surface area contributed by atoms with Crippen LogP contribution in [0.2, 0.25) is 0 Å². The van der Waals surface area contributed by atoms with Crippen LogP contribution in [0.5, 0.6) is 0 Å². The van der Waals surface area contributed by atoms with Gasteiger partial charge in [0.25, 0.3) is 0 Å². The molecule has 0 bridgehead atoms. The Morgan fingerprint density at radius 3 is 2.04 bits per heavy atom. The van der Waals surface area contributed by atoms with E-state index in [0.717, 1.165) is 29.5 Å². The fraction of sp³-hybridized carbons (Fsp3) is 0.739. The third-order valence-electron chi connectivity index (χ3n) is 5.87. The van der Waals surface area contributed by atoms with Crippen molar-refractivity contribution in [3.63, 3.8) is 0 Å². The van der Waals surface area contributed by atoms with Gasteiger partial charge in [0.2, 0.25) is 0 Å². The molecule has 2 rings (SSSR count). The molecule has 0 radical (unpaired) electrons. The first-order chi connectivity index (χ1) is 13.2. The van der Waals surface area contributed by atoms with Gasteiger partial charge >= 0.3 is 0 Å². The van der Waals surface area contributed by atoms with Crippen molar-refractivity contribution in [2.75, 3.05) is 13.1 Å². The number of rotatable bonds is 14. The molecule has 27 heavy (non-hydrogen) atoms. The number of hydrogen-bond donors (Lipinski definition) is 0. The molecular weight excluding hydrogens is 332 g/mol. The molecule has 0 saturated heterocycles. The highest BCUT2D eigenvalue weighted by atomic mass is 15.5. The van der Waals surface area contributed by atoms with Crippen molar-refractivity contribution < 1.29 is 0 Å². The van der Waals surface area contributed by atoms with Crippen LogP contribution >= 0.6 is 0 Å². The zero-order valence-corrected chi connectivity index (χ0v) is 18.0. The van der Waals surface area contributed by atoms with E-state index in [4.69, 9.17) is 0 Å². The molecule has 4 nitrogen and oxygen atoms in total. The normalized spacial score (nSPS) is 14.1. The number of aromatic nitrogens is 3. The van der Waals surface area contributed by atoms with E-state index < -0.39 is 0 Å². The summed E-state index contributed by atoms with van der Waals surface area (Å²) in [5, 5.41) is 8.81. The molecule has 2 unspecified atom stereocenters. The lowest BCUT2D eigenvalue weighted by atomic mass is 9.96. The van der Waals surface area contributed by atoms with Gasteiger partial charge in [-0.05, 0) is 36.8 Å². The first kappa shape index (κ1) is 21.9. The third-order valence-corrected chi connectivity index (χ3v) is 5.87. The molecule has 0 aliphatic carbocycles. The van der Waals surface area contributed by atoms with Crippen molar-refractivity contribution in [3.8, 4) is 0 Å². The SMILES string of the molecule is CCCCC(CC)CN(CC(CC)CCCC)Cn1nnc2ccccc21. The molecule has 152 valence electrons. The molecule has 0 saturated carbocycles. The number of para-hydroxylation sites is 1. The maximum Gasteiger partial charge on any atom is 0.113 e. The molecule has 0 aliphatic heterocycles. The Bertz CT molecular complexity index is 618. The molecule has 0 aliphatic rings. The first-order valence-electron chi connectivity index (χ1n) is 11.2. The predicted octanol–water partition coefficient (Wildman–Crippen LogP) is 6.12. The fourth-order valence-corrected chi connectivity index (χ4v) is 3.97. The van der Waals surface area contributed by atoms with Gasteiger partial charge in [0.05, 0.1) is 12.2 Å². The Balaban J connectivity index is 2.11. The van der Waals surface area contributed by atoms with Crippen LogP contribution in [0.15, 0.2) is 24.3 Å². The second kappa shape index (κ2) is 12.1. The van der Waals surface area contributed by atoms with E-state index in [2.05, 4.69) is 65.8 Å². The molecule has 1 heterocycles. The number of benzene rings is 1. The van der Waals surface area contributed by atoms with E-state index in [-0.39, 0.29) is 0 Å². The molecule has 0 amide bonds. The Kier molecular flexibility index (Phi) is 9.82. The van der Waals surface area contributed by atoms with E-state index in [1.165, 1.54) is 64.5 Å². The zero-order chi connectivity index (χ0) is 19.5. The van der Waals surface area contributed by atoms with E-state index in [1.54, 1.807) is 0 Å². The van der Waals surface area contributed by atoms with Gasteiger partial charge in [-0.2, -0.15) is 0 Å². The Labute approximate surface area is 166 Å². The average Bonchev–Trinajstić information content (AvgIpc) is 3.10. The van der Waals surface area contributed by atoms with E-state index in [1.807, 2.05) is 6.07 Å². The third kappa shape index (κ3) is 6.91. The minimum Gasteiger partial charge on any atom is -0.284 e. The highest BCUT2D eigenvalue weighted by molar-refractivity contribution is 5.73. The lowest BCUT2D eigenvalue weighted by Crippen LogP contribution is -2.36. The van der Waals surface area contributed by atoms with Crippen molar-refractivity contribution in [1.82, 2.24) is 19.9 Å². The van der Waals surface area contributed by atoms with Crippen molar-refractivity contribution in [2.45, 2.75) is 85.7 Å². The molecule has 0 spiro atoms. The van der Waals surface area contributed by atoms with Crippen LogP contribution in [0.25, 0.3) is 11.0 Å². The summed E-state index contributed by atoms with van der Waals surface area (Å²) in [6.45, 7) is 12.5. The van der Waals surface area contributed by atoms with Crippen LogP contribution in [0.1, 0.15) is 79.1 Å². The molecular formula is C23H40N4. The molecule has 1 aromatic carbocycles. The number of unbranched alkanes of at least 4 members (excludes halogenated alkanes) is 2. The second-order valence-corrected chi connectivity index (χ2v) is 8.09. The Morgan fingerprint density at radius 2 is 1.48 bits per heavy atom. The zero-order valence-electron chi connectivity index (χ0n) is 18.0. The Hall–Kier alpha value is -1.42. The minimum atomic E-state index is 0.781. The largest absolute Gasteiger partial charge is 0.284 e. The average molecular weight is 373 g/mol. The summed E-state index contributed by atoms with van der Waals surface area (Å²) in [6, 6.07) is 8.30. The highest BCUT2D eigenvalue weighted by Crippen LogP contribution is 2.20. The summed E-state index contributed by atoms with van der Waals surface area (Å²) in [7, 11) is 0. The van der Waals surface area contributed by atoms with E-state index >= 15 is 0 Å². The topological polar surface area (TPSA) is 34.0 Å². The van der Waals surface area contributed by atoms with E-state index in [0.29, 0.717) is 0 Å². The van der Waals surface area contributed by atoms with Crippen LogP contribution in [-0.4, -0.2) is 33.0 Å². The van der Waals surface area contributed by atoms with Gasteiger partial charge in [-0.25, -0.2) is 4.68 Å². The van der Waals surface area contributed by atoms with Crippen molar-refractivity contribution in [3.05, 3.63) is 24.3 Å². The maximum atomic E-state index is 4.45. The van der Waals surface area contributed by atoms with Gasteiger partial charge in [0, 0.05) is 13.1 Å². The summed E-state index contributed by atoms with van der Waals surface area (Å²) in [5.41, 5.74) is 2.14. The Morgan fingerprint density at radius 1 is 0.889 bits per heavy atom. The van der Waals surface area contributed by atoms with Gasteiger partial charge in [-0.15, -0.1) is 5.10 Å². The quantitative estimate of drug-likeness (QED) is 0.400. The second-order valence-electron chi connectivity index (χ2n) is 8.09. The maximum absolute atomic E-state index is 4.45. The molecule has 2 atom stereocenters. The van der Waals surface area contributed by atoms with Gasteiger partial charge < -0.3 is 0 Å². The number of hydrogen-bond acceptors (Lipinski definition) is 3. The minimum absolute atomic E-state index is 0.781. The molecule has 1 aromatic heterocycles. The lowest BCUT2D eigenvalue weighted by Gasteiger charge is -2.30. The first-order valence-corrected chi connectivity index (χ1v) is 11.2. The smallest absolute Gasteiger partial charge is 0.113 e. The van der Waals surface area contributed by atoms with Crippen molar-refractivity contribution in [1.29, 1.82) is 0 Å². The van der Waals surface area contributed by atoms with E-state index in [9.17, 15) is 0 Å².